The molecule has 3 heteroatoms. The number of carbonyl (C=O) groups excluding carboxylic acids is 1. The number of rotatable bonds is 3. The summed E-state index contributed by atoms with van der Waals surface area (Å²) in [4.78, 5) is 16.9. The highest BCUT2D eigenvalue weighted by molar-refractivity contribution is 5.92. The highest BCUT2D eigenvalue weighted by atomic mass is 16.2. The van der Waals surface area contributed by atoms with Gasteiger partial charge in [-0.3, -0.25) is 4.79 Å². The first-order valence-electron chi connectivity index (χ1n) is 10.1. The van der Waals surface area contributed by atoms with Gasteiger partial charge in [-0.05, 0) is 53.7 Å². The summed E-state index contributed by atoms with van der Waals surface area (Å²) >= 11 is 0. The molecule has 148 valence electrons. The smallest absolute Gasteiger partial charge is 0.246 e. The monoisotopic (exact) mass is 376 g/mol. The van der Waals surface area contributed by atoms with Crippen LogP contribution in [0.4, 0.5) is 5.69 Å². The molecule has 28 heavy (non-hydrogen) atoms. The lowest BCUT2D eigenvalue weighted by Gasteiger charge is -2.36. The van der Waals surface area contributed by atoms with E-state index in [1.54, 1.807) is 6.08 Å². The normalized spacial score (nSPS) is 15.3. The quantitative estimate of drug-likeness (QED) is 0.707. The number of amides is 1. The van der Waals surface area contributed by atoms with E-state index in [0.717, 1.165) is 31.7 Å². The van der Waals surface area contributed by atoms with Crippen LogP contribution in [-0.4, -0.2) is 37.0 Å². The van der Waals surface area contributed by atoms with E-state index in [0.29, 0.717) is 0 Å². The van der Waals surface area contributed by atoms with Crippen LogP contribution in [0.5, 0.6) is 0 Å². The van der Waals surface area contributed by atoms with Crippen molar-refractivity contribution >= 4 is 17.7 Å². The number of nitrogens with zero attached hydrogens (tertiary/aromatic N) is 2. The van der Waals surface area contributed by atoms with Gasteiger partial charge < -0.3 is 9.80 Å². The minimum Gasteiger partial charge on any atom is -0.368 e. The van der Waals surface area contributed by atoms with E-state index in [1.165, 1.54) is 22.4 Å². The number of benzene rings is 2. The lowest BCUT2D eigenvalue weighted by atomic mass is 9.87. The molecule has 0 aromatic heterocycles. The third-order valence-electron chi connectivity index (χ3n) is 5.70. The van der Waals surface area contributed by atoms with Crippen LogP contribution in [0, 0.1) is 13.8 Å². The van der Waals surface area contributed by atoms with Crippen molar-refractivity contribution < 1.29 is 4.79 Å². The van der Waals surface area contributed by atoms with Gasteiger partial charge in [0.25, 0.3) is 0 Å². The largest absolute Gasteiger partial charge is 0.368 e. The molecule has 1 saturated heterocycles. The number of hydrogen-bond acceptors (Lipinski definition) is 2. The average Bonchev–Trinajstić information content (AvgIpc) is 2.68. The molecule has 1 fully saturated rings. The summed E-state index contributed by atoms with van der Waals surface area (Å²) < 4.78 is 0. The fourth-order valence-electron chi connectivity index (χ4n) is 3.61. The maximum absolute atomic E-state index is 12.6. The SMILES string of the molecule is Cc1cccc(N2CCN(C(=O)/C=C/c3ccc(C(C)(C)C)cc3)CC2)c1C. The third kappa shape index (κ3) is 4.64. The second-order valence-electron chi connectivity index (χ2n) is 8.74. The Kier molecular flexibility index (Phi) is 5.93. The van der Waals surface area contributed by atoms with Gasteiger partial charge in [-0.25, -0.2) is 0 Å². The van der Waals surface area contributed by atoms with Crippen LogP contribution in [0.25, 0.3) is 6.08 Å². The molecule has 0 bridgehead atoms. The van der Waals surface area contributed by atoms with E-state index in [1.807, 2.05) is 11.0 Å². The van der Waals surface area contributed by atoms with Crippen LogP contribution >= 0.6 is 0 Å². The Morgan fingerprint density at radius 3 is 2.18 bits per heavy atom. The second-order valence-corrected chi connectivity index (χ2v) is 8.74. The van der Waals surface area contributed by atoms with E-state index in [-0.39, 0.29) is 11.3 Å². The van der Waals surface area contributed by atoms with Gasteiger partial charge in [-0.1, -0.05) is 57.2 Å². The molecule has 1 heterocycles. The maximum atomic E-state index is 12.6. The molecule has 2 aromatic carbocycles. The van der Waals surface area contributed by atoms with Crippen molar-refractivity contribution in [3.05, 3.63) is 70.8 Å². The van der Waals surface area contributed by atoms with Crippen molar-refractivity contribution in [3.8, 4) is 0 Å². The molecule has 0 atom stereocenters. The van der Waals surface area contributed by atoms with Crippen molar-refractivity contribution in [1.82, 2.24) is 4.90 Å². The van der Waals surface area contributed by atoms with E-state index in [9.17, 15) is 4.79 Å². The number of aryl methyl sites for hydroxylation is 1. The summed E-state index contributed by atoms with van der Waals surface area (Å²) in [5.41, 5.74) is 6.46. The molecule has 1 aliphatic rings. The number of carbonyl (C=O) groups is 1. The summed E-state index contributed by atoms with van der Waals surface area (Å²) in [6.07, 6.45) is 3.63. The van der Waals surface area contributed by atoms with E-state index in [2.05, 4.69) is 82.0 Å². The van der Waals surface area contributed by atoms with Crippen LogP contribution < -0.4 is 4.90 Å². The van der Waals surface area contributed by atoms with Gasteiger partial charge in [-0.2, -0.15) is 0 Å². The molecule has 1 amide bonds. The molecule has 0 saturated carbocycles. The van der Waals surface area contributed by atoms with E-state index in [4.69, 9.17) is 0 Å². The van der Waals surface area contributed by atoms with Gasteiger partial charge in [0.1, 0.15) is 0 Å². The lowest BCUT2D eigenvalue weighted by molar-refractivity contribution is -0.126. The average molecular weight is 377 g/mol. The standard InChI is InChI=1S/C25H32N2O/c1-19-7-6-8-23(20(19)2)26-15-17-27(18-16-26)24(28)14-11-21-9-12-22(13-10-21)25(3,4)5/h6-14H,15-18H2,1-5H3/b14-11+. The van der Waals surface area contributed by atoms with Gasteiger partial charge in [0.05, 0.1) is 0 Å². The van der Waals surface area contributed by atoms with Crippen LogP contribution in [0.2, 0.25) is 0 Å². The Labute approximate surface area is 169 Å². The zero-order valence-corrected chi connectivity index (χ0v) is 17.8. The van der Waals surface area contributed by atoms with Gasteiger partial charge in [0, 0.05) is 37.9 Å². The fraction of sp³-hybridized carbons (Fsp3) is 0.400. The Balaban J connectivity index is 1.58. The Morgan fingerprint density at radius 1 is 0.929 bits per heavy atom. The molecule has 2 aromatic rings. The Morgan fingerprint density at radius 2 is 1.57 bits per heavy atom. The van der Waals surface area contributed by atoms with Crippen molar-refractivity contribution in [1.29, 1.82) is 0 Å². The lowest BCUT2D eigenvalue weighted by Crippen LogP contribution is -2.48. The van der Waals surface area contributed by atoms with Gasteiger partial charge in [0.15, 0.2) is 0 Å². The second kappa shape index (κ2) is 8.22. The number of anilines is 1. The molecule has 0 aliphatic carbocycles. The summed E-state index contributed by atoms with van der Waals surface area (Å²) in [6.45, 7) is 14.2. The van der Waals surface area contributed by atoms with Crippen molar-refractivity contribution in [3.63, 3.8) is 0 Å². The number of piperazine rings is 1. The predicted molar refractivity (Wildman–Crippen MR) is 119 cm³/mol. The van der Waals surface area contributed by atoms with E-state index < -0.39 is 0 Å². The summed E-state index contributed by atoms with van der Waals surface area (Å²) in [5, 5.41) is 0. The molecule has 3 nitrogen and oxygen atoms in total. The van der Waals surface area contributed by atoms with Crippen LogP contribution in [-0.2, 0) is 10.2 Å². The zero-order valence-electron chi connectivity index (χ0n) is 17.8. The molecule has 0 spiro atoms. The third-order valence-corrected chi connectivity index (χ3v) is 5.70. The van der Waals surface area contributed by atoms with E-state index >= 15 is 0 Å². The van der Waals surface area contributed by atoms with Crippen molar-refractivity contribution in [2.75, 3.05) is 31.1 Å². The van der Waals surface area contributed by atoms with Gasteiger partial charge in [-0.15, -0.1) is 0 Å². The first-order chi connectivity index (χ1) is 13.3. The van der Waals surface area contributed by atoms with Crippen molar-refractivity contribution in [2.45, 2.75) is 40.0 Å². The van der Waals surface area contributed by atoms with Gasteiger partial charge in [0.2, 0.25) is 5.91 Å². The maximum Gasteiger partial charge on any atom is 0.246 e. The van der Waals surface area contributed by atoms with Crippen LogP contribution in [0.15, 0.2) is 48.5 Å². The Bertz CT molecular complexity index is 851. The molecule has 0 N–H and O–H groups in total. The number of hydrogen-bond donors (Lipinski definition) is 0. The first-order valence-corrected chi connectivity index (χ1v) is 10.1. The molecule has 0 radical (unpaired) electrons. The minimum atomic E-state index is 0.0977. The van der Waals surface area contributed by atoms with Crippen LogP contribution in [0.1, 0.15) is 43.0 Å². The summed E-state index contributed by atoms with van der Waals surface area (Å²) in [7, 11) is 0. The van der Waals surface area contributed by atoms with Crippen molar-refractivity contribution in [2.24, 2.45) is 0 Å². The predicted octanol–water partition coefficient (Wildman–Crippen LogP) is 4.96. The molecule has 0 unspecified atom stereocenters. The topological polar surface area (TPSA) is 23.6 Å². The first kappa shape index (κ1) is 20.2. The van der Waals surface area contributed by atoms with Crippen LogP contribution in [0.3, 0.4) is 0 Å². The van der Waals surface area contributed by atoms with Gasteiger partial charge >= 0.3 is 0 Å². The summed E-state index contributed by atoms with van der Waals surface area (Å²) in [6, 6.07) is 14.9. The highest BCUT2D eigenvalue weighted by Gasteiger charge is 2.21. The molecule has 1 aliphatic heterocycles. The zero-order chi connectivity index (χ0) is 20.3. The highest BCUT2D eigenvalue weighted by Crippen LogP contribution is 2.24. The Hall–Kier alpha value is -2.55. The summed E-state index contributed by atoms with van der Waals surface area (Å²) in [5.74, 6) is 0.0977. The minimum absolute atomic E-state index is 0.0977. The molecular weight excluding hydrogens is 344 g/mol. The molecular formula is C25H32N2O. The fourth-order valence-corrected chi connectivity index (χ4v) is 3.61. The molecule has 3 rings (SSSR count).